The van der Waals surface area contributed by atoms with Gasteiger partial charge in [-0.05, 0) is 52.4 Å². The molecule has 2 heterocycles. The van der Waals surface area contributed by atoms with Crippen LogP contribution in [0, 0.1) is 9.39 Å². The van der Waals surface area contributed by atoms with Gasteiger partial charge in [-0.15, -0.1) is 0 Å². The Hall–Kier alpha value is -1.96. The van der Waals surface area contributed by atoms with E-state index in [-0.39, 0.29) is 17.8 Å². The minimum atomic E-state index is -1.03. The van der Waals surface area contributed by atoms with Gasteiger partial charge in [0, 0.05) is 27.4 Å². The summed E-state index contributed by atoms with van der Waals surface area (Å²) in [5.41, 5.74) is 1.87. The van der Waals surface area contributed by atoms with Crippen molar-refractivity contribution in [2.75, 3.05) is 0 Å². The summed E-state index contributed by atoms with van der Waals surface area (Å²) in [7, 11) is 0. The number of carboxylic acids is 1. The Kier molecular flexibility index (Phi) is 3.62. The molecular weight excluding hydrogens is 386 g/mol. The summed E-state index contributed by atoms with van der Waals surface area (Å²) >= 11 is 2.03. The van der Waals surface area contributed by atoms with E-state index in [0.29, 0.717) is 11.3 Å². The summed E-state index contributed by atoms with van der Waals surface area (Å²) in [5, 5.41) is 9.33. The maximum atomic E-state index is 14.0. The molecule has 0 fully saturated rings. The highest BCUT2D eigenvalue weighted by Gasteiger charge is 2.17. The highest BCUT2D eigenvalue weighted by molar-refractivity contribution is 14.1. The third kappa shape index (κ3) is 2.63. The Morgan fingerprint density at radius 2 is 2.14 bits per heavy atom. The van der Waals surface area contributed by atoms with Gasteiger partial charge < -0.3 is 9.51 Å². The van der Waals surface area contributed by atoms with Crippen molar-refractivity contribution in [3.8, 4) is 0 Å². The van der Waals surface area contributed by atoms with Crippen LogP contribution in [0.25, 0.3) is 5.52 Å². The van der Waals surface area contributed by atoms with E-state index in [4.69, 9.17) is 0 Å². The van der Waals surface area contributed by atoms with Gasteiger partial charge in [-0.2, -0.15) is 0 Å². The van der Waals surface area contributed by atoms with E-state index in [0.717, 1.165) is 9.09 Å². The Bertz CT molecular complexity index is 845. The lowest BCUT2D eigenvalue weighted by molar-refractivity contribution is 0.0696. The number of fused-ring (bicyclic) bond motifs is 1. The fourth-order valence-electron chi connectivity index (χ4n) is 2.29. The van der Waals surface area contributed by atoms with Gasteiger partial charge >= 0.3 is 5.97 Å². The normalized spacial score (nSPS) is 11.0. The first-order chi connectivity index (χ1) is 10.1. The molecule has 0 saturated carbocycles. The second-order valence-corrected chi connectivity index (χ2v) is 5.84. The summed E-state index contributed by atoms with van der Waals surface area (Å²) in [6, 6.07) is 8.21. The minimum Gasteiger partial charge on any atom is -0.478 e. The van der Waals surface area contributed by atoms with Crippen LogP contribution in [0.1, 0.15) is 21.6 Å². The molecule has 3 aromatic rings. The Balaban J connectivity index is 2.14. The van der Waals surface area contributed by atoms with Gasteiger partial charge in [0.1, 0.15) is 5.82 Å². The molecule has 0 spiro atoms. The number of carbonyl (C=O) groups is 1. The van der Waals surface area contributed by atoms with Crippen LogP contribution in [0.3, 0.4) is 0 Å². The Morgan fingerprint density at radius 1 is 1.33 bits per heavy atom. The van der Waals surface area contributed by atoms with Crippen LogP contribution < -0.4 is 0 Å². The van der Waals surface area contributed by atoms with Gasteiger partial charge in [0.05, 0.1) is 11.9 Å². The smallest absolute Gasteiger partial charge is 0.337 e. The van der Waals surface area contributed by atoms with Crippen LogP contribution in [-0.2, 0) is 6.42 Å². The Labute approximate surface area is 133 Å². The molecule has 0 aliphatic heterocycles. The molecule has 0 radical (unpaired) electrons. The maximum absolute atomic E-state index is 14.0. The zero-order valence-electron chi connectivity index (χ0n) is 10.8. The van der Waals surface area contributed by atoms with Gasteiger partial charge in [-0.1, -0.05) is 6.07 Å². The van der Waals surface area contributed by atoms with Gasteiger partial charge in [0.15, 0.2) is 0 Å². The van der Waals surface area contributed by atoms with E-state index >= 15 is 0 Å². The van der Waals surface area contributed by atoms with Crippen molar-refractivity contribution in [3.05, 3.63) is 69.1 Å². The van der Waals surface area contributed by atoms with Crippen molar-refractivity contribution < 1.29 is 14.3 Å². The van der Waals surface area contributed by atoms with Crippen molar-refractivity contribution >= 4 is 34.1 Å². The summed E-state index contributed by atoms with van der Waals surface area (Å²) in [5.74, 6) is -1.36. The summed E-state index contributed by atoms with van der Waals surface area (Å²) in [6.07, 6.45) is 3.34. The molecule has 0 unspecified atom stereocenters. The van der Waals surface area contributed by atoms with Crippen LogP contribution >= 0.6 is 22.6 Å². The van der Waals surface area contributed by atoms with E-state index in [1.54, 1.807) is 41.2 Å². The van der Waals surface area contributed by atoms with E-state index in [1.165, 1.54) is 6.07 Å². The van der Waals surface area contributed by atoms with Gasteiger partial charge in [-0.25, -0.2) is 14.2 Å². The zero-order valence-corrected chi connectivity index (χ0v) is 12.9. The third-order valence-corrected chi connectivity index (χ3v) is 3.96. The number of rotatable bonds is 3. The fourth-order valence-corrected chi connectivity index (χ4v) is 2.74. The number of aromatic nitrogens is 2. The van der Waals surface area contributed by atoms with Crippen molar-refractivity contribution in [3.63, 3.8) is 0 Å². The molecule has 0 aliphatic rings. The molecule has 0 bridgehead atoms. The maximum Gasteiger partial charge on any atom is 0.337 e. The lowest BCUT2D eigenvalue weighted by atomic mass is 10.1. The molecule has 3 rings (SSSR count). The fraction of sp³-hybridized carbons (Fsp3) is 0.0667. The van der Waals surface area contributed by atoms with Gasteiger partial charge in [0.2, 0.25) is 0 Å². The van der Waals surface area contributed by atoms with Crippen LogP contribution in [0.2, 0.25) is 0 Å². The zero-order chi connectivity index (χ0) is 15.0. The lowest BCUT2D eigenvalue weighted by Crippen LogP contribution is -2.05. The second kappa shape index (κ2) is 5.44. The van der Waals surface area contributed by atoms with Gasteiger partial charge in [0.25, 0.3) is 0 Å². The largest absolute Gasteiger partial charge is 0.478 e. The molecule has 21 heavy (non-hydrogen) atoms. The molecule has 1 aromatic carbocycles. The van der Waals surface area contributed by atoms with Crippen molar-refractivity contribution in [1.82, 2.24) is 9.38 Å². The molecule has 0 aliphatic carbocycles. The van der Waals surface area contributed by atoms with E-state index in [1.807, 2.05) is 22.6 Å². The molecule has 0 amide bonds. The molecule has 4 nitrogen and oxygen atoms in total. The number of hydrogen-bond donors (Lipinski definition) is 1. The summed E-state index contributed by atoms with van der Waals surface area (Å²) in [4.78, 5) is 15.4. The number of benzene rings is 1. The SMILES string of the molecule is O=C(O)c1cc2ccncn2c1Cc1ccc(I)cc1F. The first-order valence-corrected chi connectivity index (χ1v) is 7.25. The second-order valence-electron chi connectivity index (χ2n) is 4.60. The van der Waals surface area contributed by atoms with E-state index in [9.17, 15) is 14.3 Å². The summed E-state index contributed by atoms with van der Waals surface area (Å²) < 4.78 is 16.5. The number of halogens is 2. The minimum absolute atomic E-state index is 0.168. The molecule has 0 saturated heterocycles. The van der Waals surface area contributed by atoms with Crippen molar-refractivity contribution in [2.24, 2.45) is 0 Å². The van der Waals surface area contributed by atoms with Crippen LogP contribution in [0.4, 0.5) is 4.39 Å². The number of aromatic carboxylic acids is 1. The number of carboxylic acid groups (broad SMARTS) is 1. The predicted octanol–water partition coefficient (Wildman–Crippen LogP) is 3.37. The van der Waals surface area contributed by atoms with E-state index < -0.39 is 5.97 Å². The molecular formula is C15H10FIN2O2. The van der Waals surface area contributed by atoms with Crippen LogP contribution in [0.5, 0.6) is 0 Å². The number of hydrogen-bond acceptors (Lipinski definition) is 2. The molecule has 6 heteroatoms. The lowest BCUT2D eigenvalue weighted by Gasteiger charge is -2.06. The highest BCUT2D eigenvalue weighted by Crippen LogP contribution is 2.22. The van der Waals surface area contributed by atoms with E-state index in [2.05, 4.69) is 4.98 Å². The topological polar surface area (TPSA) is 54.6 Å². The first kappa shape index (κ1) is 14.0. The average molecular weight is 396 g/mol. The first-order valence-electron chi connectivity index (χ1n) is 6.17. The highest BCUT2D eigenvalue weighted by atomic mass is 127. The van der Waals surface area contributed by atoms with Gasteiger partial charge in [-0.3, -0.25) is 0 Å². The number of nitrogens with zero attached hydrogens (tertiary/aromatic N) is 2. The van der Waals surface area contributed by atoms with Crippen molar-refractivity contribution in [2.45, 2.75) is 6.42 Å². The van der Waals surface area contributed by atoms with Crippen LogP contribution in [0.15, 0.2) is 42.9 Å². The Morgan fingerprint density at radius 3 is 2.86 bits per heavy atom. The molecule has 1 N–H and O–H groups in total. The molecule has 106 valence electrons. The standard InChI is InChI=1S/C15H10FIN2O2/c16-13-6-10(17)2-1-9(13)5-14-12(15(20)21)7-11-3-4-18-8-19(11)14/h1-4,6-8H,5H2,(H,20,21). The average Bonchev–Trinajstić information content (AvgIpc) is 2.81. The molecule has 0 atom stereocenters. The van der Waals surface area contributed by atoms with Crippen LogP contribution in [-0.4, -0.2) is 20.5 Å². The molecule has 2 aromatic heterocycles. The summed E-state index contributed by atoms with van der Waals surface area (Å²) in [6.45, 7) is 0. The van der Waals surface area contributed by atoms with Crippen molar-refractivity contribution in [1.29, 1.82) is 0 Å². The third-order valence-electron chi connectivity index (χ3n) is 3.29. The quantitative estimate of drug-likeness (QED) is 0.691. The predicted molar refractivity (Wildman–Crippen MR) is 84.1 cm³/mol. The monoisotopic (exact) mass is 396 g/mol.